The Morgan fingerprint density at radius 2 is 1.82 bits per heavy atom. The van der Waals surface area contributed by atoms with Gasteiger partial charge in [-0.05, 0) is 49.1 Å². The van der Waals surface area contributed by atoms with Gasteiger partial charge in [-0.15, -0.1) is 0 Å². The van der Waals surface area contributed by atoms with Crippen LogP contribution in [0, 0.1) is 10.1 Å². The largest absolute Gasteiger partial charge is 0.337 e. The van der Waals surface area contributed by atoms with E-state index in [1.54, 1.807) is 35.5 Å². The Kier molecular flexibility index (Phi) is 6.11. The van der Waals surface area contributed by atoms with Gasteiger partial charge >= 0.3 is 0 Å². The number of nitrogens with zero attached hydrogens (tertiary/aromatic N) is 3. The summed E-state index contributed by atoms with van der Waals surface area (Å²) in [5.74, 6) is -0.755. The number of hydrogen-bond acceptors (Lipinski definition) is 5. The lowest BCUT2D eigenvalue weighted by Crippen LogP contribution is -2.41. The molecule has 1 aliphatic heterocycles. The van der Waals surface area contributed by atoms with E-state index in [9.17, 15) is 19.7 Å². The summed E-state index contributed by atoms with van der Waals surface area (Å²) in [6, 6.07) is 8.76. The van der Waals surface area contributed by atoms with Gasteiger partial charge in [0.25, 0.3) is 17.5 Å². The molecule has 2 aromatic rings. The summed E-state index contributed by atoms with van der Waals surface area (Å²) < 4.78 is 0. The Bertz CT molecular complexity index is 888. The van der Waals surface area contributed by atoms with Crippen molar-refractivity contribution in [3.8, 4) is 0 Å². The highest BCUT2D eigenvalue weighted by atomic mass is 16.6. The van der Waals surface area contributed by atoms with E-state index in [1.165, 1.54) is 24.3 Å². The van der Waals surface area contributed by atoms with E-state index in [0.717, 1.165) is 19.3 Å². The molecule has 1 aromatic heterocycles. The first-order valence-electron chi connectivity index (χ1n) is 9.01. The Hall–Kier alpha value is -3.55. The minimum absolute atomic E-state index is 0.105. The summed E-state index contributed by atoms with van der Waals surface area (Å²) in [6.45, 7) is 1.30. The van der Waals surface area contributed by atoms with Crippen molar-refractivity contribution in [3.63, 3.8) is 0 Å². The Balaban J connectivity index is 1.83. The summed E-state index contributed by atoms with van der Waals surface area (Å²) in [6.07, 6.45) is 7.76. The number of aromatic nitrogens is 1. The standard InChI is InChI=1S/C20H20N4O4/c25-19(16-6-8-17(9-7-16)24(27)28)22-18(13-15-5-4-10-21-14-15)20(26)23-11-2-1-3-12-23/h4-10,13-14H,1-3,11-12H2,(H,22,25)/b18-13-. The highest BCUT2D eigenvalue weighted by molar-refractivity contribution is 6.05. The van der Waals surface area contributed by atoms with Crippen molar-refractivity contribution >= 4 is 23.6 Å². The lowest BCUT2D eigenvalue weighted by molar-refractivity contribution is -0.384. The third-order valence-corrected chi connectivity index (χ3v) is 4.46. The van der Waals surface area contributed by atoms with Crippen molar-refractivity contribution in [2.45, 2.75) is 19.3 Å². The molecule has 3 rings (SSSR count). The van der Waals surface area contributed by atoms with Gasteiger partial charge < -0.3 is 10.2 Å². The summed E-state index contributed by atoms with van der Waals surface area (Å²) >= 11 is 0. The van der Waals surface area contributed by atoms with Crippen LogP contribution in [0.5, 0.6) is 0 Å². The quantitative estimate of drug-likeness (QED) is 0.488. The molecule has 0 saturated carbocycles. The molecular formula is C20H20N4O4. The maximum Gasteiger partial charge on any atom is 0.270 e. The van der Waals surface area contributed by atoms with Crippen LogP contribution in [0.25, 0.3) is 6.08 Å². The number of non-ortho nitro benzene ring substituents is 1. The first-order chi connectivity index (χ1) is 13.5. The summed E-state index contributed by atoms with van der Waals surface area (Å²) in [7, 11) is 0. The maximum absolute atomic E-state index is 12.9. The van der Waals surface area contributed by atoms with Crippen LogP contribution >= 0.6 is 0 Å². The van der Waals surface area contributed by atoms with Crippen molar-refractivity contribution in [1.82, 2.24) is 15.2 Å². The molecule has 2 heterocycles. The monoisotopic (exact) mass is 380 g/mol. The van der Waals surface area contributed by atoms with Crippen LogP contribution in [-0.2, 0) is 4.79 Å². The highest BCUT2D eigenvalue weighted by Crippen LogP contribution is 2.15. The maximum atomic E-state index is 12.9. The number of rotatable bonds is 5. The number of nitro groups is 1. The number of piperidine rings is 1. The third kappa shape index (κ3) is 4.79. The van der Waals surface area contributed by atoms with E-state index in [2.05, 4.69) is 10.3 Å². The van der Waals surface area contributed by atoms with Crippen molar-refractivity contribution in [1.29, 1.82) is 0 Å². The van der Waals surface area contributed by atoms with Crippen LogP contribution in [0.15, 0.2) is 54.5 Å². The Labute approximate surface area is 162 Å². The van der Waals surface area contributed by atoms with Gasteiger partial charge in [0.15, 0.2) is 0 Å². The number of amides is 2. The SMILES string of the molecule is O=C(N/C(=C\c1cccnc1)C(=O)N1CCCCC1)c1ccc([N+](=O)[O-])cc1. The topological polar surface area (TPSA) is 105 Å². The average Bonchev–Trinajstić information content (AvgIpc) is 2.74. The van der Waals surface area contributed by atoms with Gasteiger partial charge in [-0.25, -0.2) is 0 Å². The molecule has 0 aliphatic carbocycles. The lowest BCUT2D eigenvalue weighted by atomic mass is 10.1. The molecular weight excluding hydrogens is 360 g/mol. The zero-order valence-corrected chi connectivity index (χ0v) is 15.2. The fourth-order valence-corrected chi connectivity index (χ4v) is 2.98. The van der Waals surface area contributed by atoms with Crippen LogP contribution in [-0.4, -0.2) is 39.7 Å². The smallest absolute Gasteiger partial charge is 0.270 e. The molecule has 1 saturated heterocycles. The molecule has 8 heteroatoms. The summed E-state index contributed by atoms with van der Waals surface area (Å²) in [5, 5.41) is 13.4. The van der Waals surface area contributed by atoms with E-state index in [0.29, 0.717) is 18.7 Å². The predicted molar refractivity (Wildman–Crippen MR) is 103 cm³/mol. The fourth-order valence-electron chi connectivity index (χ4n) is 2.98. The molecule has 0 atom stereocenters. The van der Waals surface area contributed by atoms with Crippen LogP contribution in [0.1, 0.15) is 35.2 Å². The van der Waals surface area contributed by atoms with Crippen LogP contribution in [0.2, 0.25) is 0 Å². The van der Waals surface area contributed by atoms with Crippen LogP contribution in [0.4, 0.5) is 5.69 Å². The number of benzene rings is 1. The zero-order valence-electron chi connectivity index (χ0n) is 15.2. The van der Waals surface area contributed by atoms with E-state index in [-0.39, 0.29) is 22.9 Å². The molecule has 0 radical (unpaired) electrons. The molecule has 144 valence electrons. The molecule has 0 spiro atoms. The summed E-state index contributed by atoms with van der Waals surface area (Å²) in [5.41, 5.74) is 0.964. The van der Waals surface area contributed by atoms with Crippen molar-refractivity contribution < 1.29 is 14.5 Å². The normalized spacial score (nSPS) is 14.4. The molecule has 8 nitrogen and oxygen atoms in total. The number of carbonyl (C=O) groups excluding carboxylic acids is 2. The van der Waals surface area contributed by atoms with E-state index in [4.69, 9.17) is 0 Å². The minimum Gasteiger partial charge on any atom is -0.337 e. The first-order valence-corrected chi connectivity index (χ1v) is 9.01. The van der Waals surface area contributed by atoms with Gasteiger partial charge in [0, 0.05) is 43.2 Å². The van der Waals surface area contributed by atoms with Crippen molar-refractivity contribution in [2.75, 3.05) is 13.1 Å². The van der Waals surface area contributed by atoms with E-state index < -0.39 is 10.8 Å². The van der Waals surface area contributed by atoms with Crippen LogP contribution in [0.3, 0.4) is 0 Å². The van der Waals surface area contributed by atoms with E-state index in [1.807, 2.05) is 0 Å². The fraction of sp³-hybridized carbons (Fsp3) is 0.250. The molecule has 0 bridgehead atoms. The molecule has 28 heavy (non-hydrogen) atoms. The van der Waals surface area contributed by atoms with Crippen molar-refractivity contribution in [3.05, 3.63) is 75.7 Å². The summed E-state index contributed by atoms with van der Waals surface area (Å²) in [4.78, 5) is 41.5. The lowest BCUT2D eigenvalue weighted by Gasteiger charge is -2.27. The average molecular weight is 380 g/mol. The number of hydrogen-bond donors (Lipinski definition) is 1. The van der Waals surface area contributed by atoms with Crippen molar-refractivity contribution in [2.24, 2.45) is 0 Å². The third-order valence-electron chi connectivity index (χ3n) is 4.46. The van der Waals surface area contributed by atoms with Gasteiger partial charge in [-0.1, -0.05) is 6.07 Å². The predicted octanol–water partition coefficient (Wildman–Crippen LogP) is 2.77. The number of nitro benzene ring substituents is 1. The second-order valence-corrected chi connectivity index (χ2v) is 6.46. The van der Waals surface area contributed by atoms with Gasteiger partial charge in [0.05, 0.1) is 4.92 Å². The minimum atomic E-state index is -0.532. The number of pyridine rings is 1. The number of carbonyl (C=O) groups is 2. The van der Waals surface area contributed by atoms with Gasteiger partial charge in [0.2, 0.25) is 0 Å². The highest BCUT2D eigenvalue weighted by Gasteiger charge is 2.22. The molecule has 1 aromatic carbocycles. The Morgan fingerprint density at radius 1 is 1.11 bits per heavy atom. The molecule has 1 N–H and O–H groups in total. The van der Waals surface area contributed by atoms with Gasteiger partial charge in [-0.3, -0.25) is 24.7 Å². The van der Waals surface area contributed by atoms with Gasteiger partial charge in [0.1, 0.15) is 5.70 Å². The number of nitrogens with one attached hydrogen (secondary N) is 1. The molecule has 1 fully saturated rings. The number of likely N-dealkylation sites (tertiary alicyclic amines) is 1. The van der Waals surface area contributed by atoms with Crippen LogP contribution < -0.4 is 5.32 Å². The molecule has 0 unspecified atom stereocenters. The van der Waals surface area contributed by atoms with E-state index >= 15 is 0 Å². The molecule has 1 aliphatic rings. The zero-order chi connectivity index (χ0) is 19.9. The second-order valence-electron chi connectivity index (χ2n) is 6.46. The first kappa shape index (κ1) is 19.2. The Morgan fingerprint density at radius 3 is 2.43 bits per heavy atom. The molecule has 2 amide bonds. The van der Waals surface area contributed by atoms with Gasteiger partial charge in [-0.2, -0.15) is 0 Å². The second kappa shape index (κ2) is 8.90.